The summed E-state index contributed by atoms with van der Waals surface area (Å²) < 4.78 is 28.6. The van der Waals surface area contributed by atoms with E-state index in [1.54, 1.807) is 18.5 Å². The van der Waals surface area contributed by atoms with Gasteiger partial charge in [-0.1, -0.05) is 35.5 Å². The molecule has 0 saturated carbocycles. The fraction of sp³-hybridized carbons (Fsp3) is 0.0952. The maximum atomic E-state index is 13.5. The van der Waals surface area contributed by atoms with Gasteiger partial charge in [-0.2, -0.15) is 0 Å². The monoisotopic (exact) mass is 394 g/mol. The lowest BCUT2D eigenvalue weighted by Crippen LogP contribution is -2.00. The van der Waals surface area contributed by atoms with Crippen molar-refractivity contribution in [1.29, 1.82) is 0 Å². The standard InChI is InChI=1S/C21H16F2N4S/c1-14-4-7-17(8-5-14)27-20(16-3-2-10-24-12-16)25-26-21(27)28-13-15-6-9-18(22)19(23)11-15/h2-12H,13H2,1H3. The molecule has 4 rings (SSSR count). The predicted molar refractivity (Wildman–Crippen MR) is 105 cm³/mol. The first-order valence-corrected chi connectivity index (χ1v) is 9.60. The van der Waals surface area contributed by atoms with Crippen LogP contribution >= 0.6 is 11.8 Å². The van der Waals surface area contributed by atoms with Crippen LogP contribution in [-0.4, -0.2) is 19.7 Å². The predicted octanol–water partition coefficient (Wildman–Crippen LogP) is 5.21. The molecule has 0 atom stereocenters. The minimum atomic E-state index is -0.853. The van der Waals surface area contributed by atoms with E-state index in [9.17, 15) is 8.78 Å². The van der Waals surface area contributed by atoms with E-state index in [-0.39, 0.29) is 0 Å². The van der Waals surface area contributed by atoms with Gasteiger partial charge in [-0.05, 0) is 48.9 Å². The first kappa shape index (κ1) is 18.3. The number of pyridine rings is 1. The van der Waals surface area contributed by atoms with Gasteiger partial charge in [-0.3, -0.25) is 9.55 Å². The zero-order valence-corrected chi connectivity index (χ0v) is 15.8. The van der Waals surface area contributed by atoms with Crippen molar-refractivity contribution in [2.45, 2.75) is 17.8 Å². The van der Waals surface area contributed by atoms with Crippen molar-refractivity contribution in [2.75, 3.05) is 0 Å². The van der Waals surface area contributed by atoms with Crippen LogP contribution in [0.3, 0.4) is 0 Å². The quantitative estimate of drug-likeness (QED) is 0.436. The van der Waals surface area contributed by atoms with Gasteiger partial charge in [0.25, 0.3) is 0 Å². The maximum absolute atomic E-state index is 13.5. The summed E-state index contributed by atoms with van der Waals surface area (Å²) in [6, 6.07) is 15.7. The van der Waals surface area contributed by atoms with Crippen molar-refractivity contribution in [1.82, 2.24) is 19.7 Å². The van der Waals surface area contributed by atoms with Gasteiger partial charge in [0.15, 0.2) is 22.6 Å². The van der Waals surface area contributed by atoms with Crippen molar-refractivity contribution in [3.8, 4) is 17.1 Å². The van der Waals surface area contributed by atoms with E-state index < -0.39 is 11.6 Å². The summed E-state index contributed by atoms with van der Waals surface area (Å²) in [5, 5.41) is 9.33. The number of aromatic nitrogens is 4. The topological polar surface area (TPSA) is 43.6 Å². The van der Waals surface area contributed by atoms with Gasteiger partial charge in [0.1, 0.15) is 0 Å². The molecule has 0 spiro atoms. The van der Waals surface area contributed by atoms with Crippen molar-refractivity contribution in [3.05, 3.63) is 89.8 Å². The Kier molecular flexibility index (Phi) is 5.16. The average Bonchev–Trinajstić information content (AvgIpc) is 3.14. The minimum absolute atomic E-state index is 0.439. The lowest BCUT2D eigenvalue weighted by Gasteiger charge is -2.11. The molecule has 2 aromatic carbocycles. The molecule has 4 nitrogen and oxygen atoms in total. The van der Waals surface area contributed by atoms with Gasteiger partial charge in [0.2, 0.25) is 0 Å². The Balaban J connectivity index is 1.71. The molecule has 0 aliphatic heterocycles. The lowest BCUT2D eigenvalue weighted by molar-refractivity contribution is 0.507. The number of hydrogen-bond acceptors (Lipinski definition) is 4. The van der Waals surface area contributed by atoms with Gasteiger partial charge in [-0.15, -0.1) is 10.2 Å². The molecule has 0 fully saturated rings. The normalized spacial score (nSPS) is 11.0. The molecule has 0 bridgehead atoms. The zero-order chi connectivity index (χ0) is 19.5. The highest BCUT2D eigenvalue weighted by Crippen LogP contribution is 2.29. The molecule has 2 aromatic heterocycles. The molecule has 0 unspecified atom stereocenters. The Bertz CT molecular complexity index is 1100. The molecule has 0 saturated heterocycles. The van der Waals surface area contributed by atoms with Crippen molar-refractivity contribution >= 4 is 11.8 Å². The Labute approximate surface area is 165 Å². The van der Waals surface area contributed by atoms with Gasteiger partial charge in [0.05, 0.1) is 0 Å². The highest BCUT2D eigenvalue weighted by atomic mass is 32.2. The average molecular weight is 394 g/mol. The lowest BCUT2D eigenvalue weighted by atomic mass is 10.2. The van der Waals surface area contributed by atoms with Crippen LogP contribution < -0.4 is 0 Å². The summed E-state index contributed by atoms with van der Waals surface area (Å²) in [5.41, 5.74) is 3.58. The maximum Gasteiger partial charge on any atom is 0.196 e. The highest BCUT2D eigenvalue weighted by Gasteiger charge is 2.16. The van der Waals surface area contributed by atoms with Crippen LogP contribution in [0, 0.1) is 18.6 Å². The number of hydrogen-bond donors (Lipinski definition) is 0. The molecule has 4 aromatic rings. The van der Waals surface area contributed by atoms with Crippen LogP contribution in [0.5, 0.6) is 0 Å². The molecule has 2 heterocycles. The number of aryl methyl sites for hydroxylation is 1. The van der Waals surface area contributed by atoms with Gasteiger partial charge < -0.3 is 0 Å². The molecular weight excluding hydrogens is 378 g/mol. The minimum Gasteiger partial charge on any atom is -0.270 e. The number of benzene rings is 2. The fourth-order valence-corrected chi connectivity index (χ4v) is 3.64. The molecule has 0 radical (unpaired) electrons. The second-order valence-electron chi connectivity index (χ2n) is 6.26. The van der Waals surface area contributed by atoms with Crippen LogP contribution in [0.4, 0.5) is 8.78 Å². The van der Waals surface area contributed by atoms with Gasteiger partial charge in [0, 0.05) is 29.4 Å². The van der Waals surface area contributed by atoms with E-state index in [4.69, 9.17) is 0 Å². The smallest absolute Gasteiger partial charge is 0.196 e. The second-order valence-corrected chi connectivity index (χ2v) is 7.20. The summed E-state index contributed by atoms with van der Waals surface area (Å²) in [5.74, 6) is -0.594. The van der Waals surface area contributed by atoms with Crippen LogP contribution in [-0.2, 0) is 5.75 Å². The van der Waals surface area contributed by atoms with Gasteiger partial charge in [-0.25, -0.2) is 8.78 Å². The number of thioether (sulfide) groups is 1. The Morgan fingerprint density at radius 2 is 1.79 bits per heavy atom. The molecular formula is C21H16F2N4S. The number of rotatable bonds is 5. The third-order valence-electron chi connectivity index (χ3n) is 4.20. The van der Waals surface area contributed by atoms with E-state index in [0.29, 0.717) is 22.3 Å². The van der Waals surface area contributed by atoms with Crippen LogP contribution in [0.1, 0.15) is 11.1 Å². The SMILES string of the molecule is Cc1ccc(-n2c(SCc3ccc(F)c(F)c3)nnc2-c2cccnc2)cc1. The molecule has 140 valence electrons. The zero-order valence-electron chi connectivity index (χ0n) is 15.0. The van der Waals surface area contributed by atoms with E-state index in [2.05, 4.69) is 15.2 Å². The molecule has 0 N–H and O–H groups in total. The molecule has 0 amide bonds. The number of nitrogens with zero attached hydrogens (tertiary/aromatic N) is 4. The van der Waals surface area contributed by atoms with E-state index >= 15 is 0 Å². The molecule has 28 heavy (non-hydrogen) atoms. The Morgan fingerprint density at radius 1 is 0.964 bits per heavy atom. The highest BCUT2D eigenvalue weighted by molar-refractivity contribution is 7.98. The molecule has 0 aliphatic rings. The fourth-order valence-electron chi connectivity index (χ4n) is 2.75. The van der Waals surface area contributed by atoms with Crippen molar-refractivity contribution in [2.24, 2.45) is 0 Å². The van der Waals surface area contributed by atoms with Crippen molar-refractivity contribution in [3.63, 3.8) is 0 Å². The number of halogens is 2. The van der Waals surface area contributed by atoms with Crippen molar-refractivity contribution < 1.29 is 8.78 Å². The molecule has 7 heteroatoms. The van der Waals surface area contributed by atoms with Crippen LogP contribution in [0.15, 0.2) is 72.1 Å². The largest absolute Gasteiger partial charge is 0.270 e. The van der Waals surface area contributed by atoms with Crippen LogP contribution in [0.25, 0.3) is 17.1 Å². The second kappa shape index (κ2) is 7.90. The summed E-state index contributed by atoms with van der Waals surface area (Å²) in [4.78, 5) is 4.17. The van der Waals surface area contributed by atoms with E-state index in [0.717, 1.165) is 22.9 Å². The Hall–Kier alpha value is -3.06. The third kappa shape index (κ3) is 3.80. The summed E-state index contributed by atoms with van der Waals surface area (Å²) >= 11 is 1.41. The Morgan fingerprint density at radius 3 is 2.50 bits per heavy atom. The van der Waals surface area contributed by atoms with Crippen LogP contribution in [0.2, 0.25) is 0 Å². The summed E-state index contributed by atoms with van der Waals surface area (Å²) in [6.07, 6.45) is 3.44. The third-order valence-corrected chi connectivity index (χ3v) is 5.20. The first-order chi connectivity index (χ1) is 13.6. The molecule has 0 aliphatic carbocycles. The summed E-state index contributed by atoms with van der Waals surface area (Å²) in [6.45, 7) is 2.02. The summed E-state index contributed by atoms with van der Waals surface area (Å²) in [7, 11) is 0. The first-order valence-electron chi connectivity index (χ1n) is 8.61. The van der Waals surface area contributed by atoms with Gasteiger partial charge >= 0.3 is 0 Å². The van der Waals surface area contributed by atoms with E-state index in [1.807, 2.05) is 47.9 Å². The van der Waals surface area contributed by atoms with E-state index in [1.165, 1.54) is 17.8 Å².